The van der Waals surface area contributed by atoms with E-state index in [4.69, 9.17) is 10.5 Å². The second kappa shape index (κ2) is 9.87. The summed E-state index contributed by atoms with van der Waals surface area (Å²) in [5.74, 6) is -0.182. The van der Waals surface area contributed by atoms with Crippen LogP contribution in [0, 0.1) is 0 Å². The van der Waals surface area contributed by atoms with E-state index in [1.165, 1.54) is 27.7 Å². The monoisotopic (exact) mass is 448 g/mol. The van der Waals surface area contributed by atoms with Gasteiger partial charge >= 0.3 is 5.69 Å². The van der Waals surface area contributed by atoms with Crippen molar-refractivity contribution < 1.29 is 9.53 Å². The van der Waals surface area contributed by atoms with Gasteiger partial charge in [-0.2, -0.15) is 0 Å². The molecule has 0 radical (unpaired) electrons. The van der Waals surface area contributed by atoms with Crippen LogP contribution >= 0.6 is 0 Å². The summed E-state index contributed by atoms with van der Waals surface area (Å²) < 4.78 is 6.30. The zero-order valence-electron chi connectivity index (χ0n) is 18.6. The van der Waals surface area contributed by atoms with Gasteiger partial charge in [0.15, 0.2) is 5.69 Å². The van der Waals surface area contributed by atoms with Gasteiger partial charge in [0.25, 0.3) is 5.56 Å². The molecule has 2 aromatic carbocycles. The van der Waals surface area contributed by atoms with E-state index in [9.17, 15) is 14.4 Å². The molecule has 4 rings (SSSR count). The first kappa shape index (κ1) is 22.5. The van der Waals surface area contributed by atoms with Crippen LogP contribution in [-0.4, -0.2) is 29.2 Å². The molecule has 0 aliphatic heterocycles. The summed E-state index contributed by atoms with van der Waals surface area (Å²) in [4.78, 5) is 42.6. The number of benzene rings is 2. The first-order valence-corrected chi connectivity index (χ1v) is 11.0. The average Bonchev–Trinajstić information content (AvgIpc) is 3.21. The number of nitrogens with one attached hydrogen (secondary N) is 1. The van der Waals surface area contributed by atoms with Crippen molar-refractivity contribution in [2.24, 2.45) is 0 Å². The number of carbonyl (C=O) groups excluding carboxylic acids is 1. The molecule has 172 valence electrons. The van der Waals surface area contributed by atoms with E-state index in [1.807, 2.05) is 42.5 Å². The fourth-order valence-electron chi connectivity index (χ4n) is 4.48. The molecular formula is C25H28N4O4. The van der Waals surface area contributed by atoms with E-state index >= 15 is 0 Å². The van der Waals surface area contributed by atoms with Gasteiger partial charge in [-0.1, -0.05) is 54.6 Å². The predicted octanol–water partition coefficient (Wildman–Crippen LogP) is 2.42. The van der Waals surface area contributed by atoms with Crippen LogP contribution in [0.3, 0.4) is 0 Å². The zero-order chi connectivity index (χ0) is 23.4. The molecule has 0 saturated carbocycles. The molecule has 0 fully saturated rings. The second-order valence-corrected chi connectivity index (χ2v) is 8.24. The first-order chi connectivity index (χ1) is 16.0. The Kier molecular flexibility index (Phi) is 6.74. The molecule has 1 unspecified atom stereocenters. The Morgan fingerprint density at radius 1 is 1.15 bits per heavy atom. The number of hydrogen-bond acceptors (Lipinski definition) is 5. The minimum Gasteiger partial charge on any atom is -0.383 e. The molecule has 3 N–H and O–H groups in total. The molecule has 8 nitrogen and oxygen atoms in total. The average molecular weight is 449 g/mol. The largest absolute Gasteiger partial charge is 0.383 e. The van der Waals surface area contributed by atoms with Gasteiger partial charge in [0.2, 0.25) is 5.91 Å². The van der Waals surface area contributed by atoms with Gasteiger partial charge in [-0.05, 0) is 35.4 Å². The molecule has 0 bridgehead atoms. The fraction of sp³-hybridized carbons (Fsp3) is 0.320. The van der Waals surface area contributed by atoms with Gasteiger partial charge in [0.05, 0.1) is 19.7 Å². The Bertz CT molecular complexity index is 1250. The Morgan fingerprint density at radius 3 is 2.64 bits per heavy atom. The summed E-state index contributed by atoms with van der Waals surface area (Å²) in [7, 11) is 1.51. The summed E-state index contributed by atoms with van der Waals surface area (Å²) >= 11 is 0. The summed E-state index contributed by atoms with van der Waals surface area (Å²) in [6, 6.07) is 17.6. The fourth-order valence-corrected chi connectivity index (χ4v) is 4.48. The SMILES string of the molecule is COCCn1c(N)c(N(Cc2ccccc2)C(=O)CC2CCc3ccccc32)c(=O)[nH]c1=O. The number of ether oxygens (including phenoxy) is 1. The van der Waals surface area contributed by atoms with E-state index in [-0.39, 0.29) is 49.4 Å². The summed E-state index contributed by atoms with van der Waals surface area (Å²) in [5, 5.41) is 0. The summed E-state index contributed by atoms with van der Waals surface area (Å²) in [6.45, 7) is 0.569. The van der Waals surface area contributed by atoms with Crippen LogP contribution < -0.4 is 21.9 Å². The van der Waals surface area contributed by atoms with Crippen molar-refractivity contribution in [2.45, 2.75) is 38.3 Å². The third-order valence-corrected chi connectivity index (χ3v) is 6.17. The number of aryl methyl sites for hydroxylation is 1. The standard InChI is InChI=1S/C25H28N4O4/c1-33-14-13-28-23(26)22(24(31)27-25(28)32)29(16-17-7-3-2-4-8-17)21(30)15-19-12-11-18-9-5-6-10-20(18)19/h2-10,19H,11-16,26H2,1H3,(H,27,31,32). The highest BCUT2D eigenvalue weighted by atomic mass is 16.5. The van der Waals surface area contributed by atoms with E-state index in [0.717, 1.165) is 18.4 Å². The number of methoxy groups -OCH3 is 1. The van der Waals surface area contributed by atoms with Crippen molar-refractivity contribution in [3.8, 4) is 0 Å². The number of rotatable bonds is 8. The van der Waals surface area contributed by atoms with Gasteiger partial charge in [0.1, 0.15) is 5.82 Å². The lowest BCUT2D eigenvalue weighted by atomic mass is 9.97. The van der Waals surface area contributed by atoms with Crippen LogP contribution in [0.5, 0.6) is 0 Å². The zero-order valence-corrected chi connectivity index (χ0v) is 18.6. The number of hydrogen-bond donors (Lipinski definition) is 2. The van der Waals surface area contributed by atoms with Crippen LogP contribution in [0.2, 0.25) is 0 Å². The summed E-state index contributed by atoms with van der Waals surface area (Å²) in [6.07, 6.45) is 2.06. The van der Waals surface area contributed by atoms with Crippen molar-refractivity contribution in [3.05, 3.63) is 92.1 Å². The molecule has 33 heavy (non-hydrogen) atoms. The number of fused-ring (bicyclic) bond motifs is 1. The molecule has 1 aliphatic rings. The Morgan fingerprint density at radius 2 is 1.88 bits per heavy atom. The quantitative estimate of drug-likeness (QED) is 0.550. The Hall–Kier alpha value is -3.65. The van der Waals surface area contributed by atoms with Crippen LogP contribution in [0.15, 0.2) is 64.2 Å². The van der Waals surface area contributed by atoms with Crippen LogP contribution in [0.4, 0.5) is 11.5 Å². The lowest BCUT2D eigenvalue weighted by Gasteiger charge is -2.26. The molecule has 1 amide bonds. The van der Waals surface area contributed by atoms with Crippen LogP contribution in [0.25, 0.3) is 0 Å². The van der Waals surface area contributed by atoms with Crippen LogP contribution in [-0.2, 0) is 29.0 Å². The molecule has 3 aromatic rings. The number of H-pyrrole nitrogens is 1. The van der Waals surface area contributed by atoms with Gasteiger partial charge in [0, 0.05) is 13.5 Å². The number of amides is 1. The third-order valence-electron chi connectivity index (χ3n) is 6.17. The summed E-state index contributed by atoms with van der Waals surface area (Å²) in [5.41, 5.74) is 8.27. The second-order valence-electron chi connectivity index (χ2n) is 8.24. The molecule has 8 heteroatoms. The van der Waals surface area contributed by atoms with Crippen molar-refractivity contribution >= 4 is 17.4 Å². The predicted molar refractivity (Wildman–Crippen MR) is 127 cm³/mol. The maximum Gasteiger partial charge on any atom is 0.330 e. The minimum atomic E-state index is -0.678. The number of carbonyl (C=O) groups is 1. The lowest BCUT2D eigenvalue weighted by Crippen LogP contribution is -2.41. The van der Waals surface area contributed by atoms with Gasteiger partial charge < -0.3 is 15.4 Å². The number of aromatic amines is 1. The van der Waals surface area contributed by atoms with Crippen molar-refractivity contribution in [2.75, 3.05) is 24.4 Å². The highest BCUT2D eigenvalue weighted by Gasteiger charge is 2.30. The number of nitrogens with zero attached hydrogens (tertiary/aromatic N) is 2. The Balaban J connectivity index is 1.72. The minimum absolute atomic E-state index is 0.00848. The number of aromatic nitrogens is 2. The number of nitrogen functional groups attached to an aromatic ring is 1. The van der Waals surface area contributed by atoms with Crippen molar-refractivity contribution in [3.63, 3.8) is 0 Å². The normalized spacial score (nSPS) is 14.8. The molecule has 0 saturated heterocycles. The molecular weight excluding hydrogens is 420 g/mol. The van der Waals surface area contributed by atoms with E-state index in [0.29, 0.717) is 0 Å². The van der Waals surface area contributed by atoms with Crippen LogP contribution in [0.1, 0.15) is 35.4 Å². The van der Waals surface area contributed by atoms with Crippen molar-refractivity contribution in [1.82, 2.24) is 9.55 Å². The van der Waals surface area contributed by atoms with Gasteiger partial charge in [-0.25, -0.2) is 4.79 Å². The Labute approximate surface area is 191 Å². The lowest BCUT2D eigenvalue weighted by molar-refractivity contribution is -0.119. The highest BCUT2D eigenvalue weighted by Crippen LogP contribution is 2.36. The number of nitrogens with two attached hydrogens (primary N) is 1. The van der Waals surface area contributed by atoms with E-state index in [2.05, 4.69) is 17.1 Å². The molecule has 0 spiro atoms. The topological polar surface area (TPSA) is 110 Å². The van der Waals surface area contributed by atoms with E-state index in [1.54, 1.807) is 0 Å². The maximum absolute atomic E-state index is 13.6. The smallest absolute Gasteiger partial charge is 0.330 e. The first-order valence-electron chi connectivity index (χ1n) is 11.0. The van der Waals surface area contributed by atoms with Gasteiger partial charge in [-0.3, -0.25) is 19.1 Å². The number of anilines is 2. The van der Waals surface area contributed by atoms with Gasteiger partial charge in [-0.15, -0.1) is 0 Å². The molecule has 1 aliphatic carbocycles. The maximum atomic E-state index is 13.6. The molecule has 1 heterocycles. The van der Waals surface area contributed by atoms with E-state index < -0.39 is 11.2 Å². The third kappa shape index (κ3) is 4.75. The highest BCUT2D eigenvalue weighted by molar-refractivity contribution is 5.96. The van der Waals surface area contributed by atoms with Crippen molar-refractivity contribution in [1.29, 1.82) is 0 Å². The molecule has 1 aromatic heterocycles. The molecule has 1 atom stereocenters.